The molecule has 3 rings (SSSR count). The maximum absolute atomic E-state index is 4.63. The van der Waals surface area contributed by atoms with Crippen LogP contribution in [-0.2, 0) is 13.0 Å². The van der Waals surface area contributed by atoms with Crippen LogP contribution < -0.4 is 0 Å². The van der Waals surface area contributed by atoms with Gasteiger partial charge in [0.1, 0.15) is 5.82 Å². The number of hydrogen-bond acceptors (Lipinski definition) is 1. The molecule has 2 heteroatoms. The van der Waals surface area contributed by atoms with E-state index in [0.29, 0.717) is 5.92 Å². The number of benzene rings is 1. The summed E-state index contributed by atoms with van der Waals surface area (Å²) in [6.45, 7) is 5.58. The van der Waals surface area contributed by atoms with Crippen molar-refractivity contribution < 1.29 is 0 Å². The number of hydrogen-bond donors (Lipinski definition) is 0. The van der Waals surface area contributed by atoms with E-state index in [2.05, 4.69) is 53.9 Å². The second-order valence-electron chi connectivity index (χ2n) is 5.46. The Balaban J connectivity index is 1.87. The Morgan fingerprint density at radius 1 is 1.28 bits per heavy atom. The van der Waals surface area contributed by atoms with Gasteiger partial charge in [0.2, 0.25) is 0 Å². The van der Waals surface area contributed by atoms with Crippen molar-refractivity contribution in [2.45, 2.75) is 45.6 Å². The Hall–Kier alpha value is -1.57. The van der Waals surface area contributed by atoms with Gasteiger partial charge >= 0.3 is 0 Å². The lowest BCUT2D eigenvalue weighted by atomic mass is 9.98. The van der Waals surface area contributed by atoms with Crippen molar-refractivity contribution in [1.29, 1.82) is 0 Å². The number of nitrogens with zero attached hydrogens (tertiary/aromatic N) is 2. The lowest BCUT2D eigenvalue weighted by Gasteiger charge is -2.22. The Morgan fingerprint density at radius 2 is 2.06 bits per heavy atom. The highest BCUT2D eigenvalue weighted by Gasteiger charge is 2.19. The van der Waals surface area contributed by atoms with Crippen molar-refractivity contribution in [3.05, 3.63) is 53.1 Å². The molecule has 2 heterocycles. The highest BCUT2D eigenvalue weighted by atomic mass is 15.1. The standard InChI is InChI=1S/C16H20N2/c1-12-5-7-14(8-6-12)10-16-17-11-15-13(2)4-3-9-18(15)16/h5-8,11,13H,3-4,9-10H2,1-2H3. The highest BCUT2D eigenvalue weighted by Crippen LogP contribution is 2.28. The molecule has 94 valence electrons. The SMILES string of the molecule is Cc1ccc(Cc2ncc3n2CCCC3C)cc1. The molecule has 0 saturated heterocycles. The average Bonchev–Trinajstić information content (AvgIpc) is 2.77. The molecule has 1 atom stereocenters. The van der Waals surface area contributed by atoms with Crippen molar-refractivity contribution in [3.8, 4) is 0 Å². The first-order valence-electron chi connectivity index (χ1n) is 6.84. The zero-order chi connectivity index (χ0) is 12.5. The van der Waals surface area contributed by atoms with Crippen LogP contribution in [-0.4, -0.2) is 9.55 Å². The van der Waals surface area contributed by atoms with Crippen molar-refractivity contribution in [2.24, 2.45) is 0 Å². The van der Waals surface area contributed by atoms with Gasteiger partial charge in [0.15, 0.2) is 0 Å². The third kappa shape index (κ3) is 2.07. The minimum Gasteiger partial charge on any atom is -0.332 e. The molecule has 1 aliphatic heterocycles. The van der Waals surface area contributed by atoms with Gasteiger partial charge in [-0.3, -0.25) is 0 Å². The maximum Gasteiger partial charge on any atom is 0.113 e. The summed E-state index contributed by atoms with van der Waals surface area (Å²) < 4.78 is 2.42. The summed E-state index contributed by atoms with van der Waals surface area (Å²) in [7, 11) is 0. The van der Waals surface area contributed by atoms with Crippen LogP contribution in [0.15, 0.2) is 30.5 Å². The number of rotatable bonds is 2. The van der Waals surface area contributed by atoms with Crippen molar-refractivity contribution in [3.63, 3.8) is 0 Å². The van der Waals surface area contributed by atoms with Gasteiger partial charge < -0.3 is 4.57 Å². The first kappa shape index (κ1) is 11.5. The molecule has 0 fully saturated rings. The Labute approximate surface area is 109 Å². The minimum atomic E-state index is 0.665. The van der Waals surface area contributed by atoms with Crippen LogP contribution >= 0.6 is 0 Å². The number of aryl methyl sites for hydroxylation is 1. The van der Waals surface area contributed by atoms with Gasteiger partial charge in [0.25, 0.3) is 0 Å². The van der Waals surface area contributed by atoms with Gasteiger partial charge in [-0.05, 0) is 31.2 Å². The molecule has 1 unspecified atom stereocenters. The van der Waals surface area contributed by atoms with E-state index in [1.54, 1.807) is 0 Å². The van der Waals surface area contributed by atoms with E-state index in [9.17, 15) is 0 Å². The van der Waals surface area contributed by atoms with Crippen molar-refractivity contribution >= 4 is 0 Å². The van der Waals surface area contributed by atoms with E-state index in [1.807, 2.05) is 0 Å². The van der Waals surface area contributed by atoms with Crippen LogP contribution in [0.1, 0.15) is 48.3 Å². The summed E-state index contributed by atoms with van der Waals surface area (Å²) in [5.41, 5.74) is 4.09. The molecular formula is C16H20N2. The summed E-state index contributed by atoms with van der Waals surface area (Å²) in [6, 6.07) is 8.78. The predicted octanol–water partition coefficient (Wildman–Crippen LogP) is 3.68. The van der Waals surface area contributed by atoms with Crippen LogP contribution in [0.5, 0.6) is 0 Å². The monoisotopic (exact) mass is 240 g/mol. The van der Waals surface area contributed by atoms with Gasteiger partial charge in [0.05, 0.1) is 0 Å². The van der Waals surface area contributed by atoms with Crippen LogP contribution in [0.25, 0.3) is 0 Å². The topological polar surface area (TPSA) is 17.8 Å². The Morgan fingerprint density at radius 3 is 2.83 bits per heavy atom. The molecule has 0 bridgehead atoms. The fourth-order valence-electron chi connectivity index (χ4n) is 2.81. The summed E-state index contributed by atoms with van der Waals surface area (Å²) in [4.78, 5) is 4.63. The summed E-state index contributed by atoms with van der Waals surface area (Å²) in [6.07, 6.45) is 5.61. The van der Waals surface area contributed by atoms with Crippen LogP contribution in [0.2, 0.25) is 0 Å². The number of aromatic nitrogens is 2. The normalized spacial score (nSPS) is 18.7. The molecule has 2 aromatic rings. The first-order chi connectivity index (χ1) is 8.74. The largest absolute Gasteiger partial charge is 0.332 e. The fraction of sp³-hybridized carbons (Fsp3) is 0.438. The molecule has 0 saturated carbocycles. The average molecular weight is 240 g/mol. The van der Waals surface area contributed by atoms with E-state index < -0.39 is 0 Å². The van der Waals surface area contributed by atoms with Gasteiger partial charge in [-0.25, -0.2) is 4.98 Å². The van der Waals surface area contributed by atoms with Gasteiger partial charge in [-0.1, -0.05) is 36.8 Å². The smallest absolute Gasteiger partial charge is 0.113 e. The number of fused-ring (bicyclic) bond motifs is 1. The quantitative estimate of drug-likeness (QED) is 0.783. The summed E-state index contributed by atoms with van der Waals surface area (Å²) in [5.74, 6) is 1.89. The summed E-state index contributed by atoms with van der Waals surface area (Å²) in [5, 5.41) is 0. The van der Waals surface area contributed by atoms with Gasteiger partial charge in [-0.2, -0.15) is 0 Å². The van der Waals surface area contributed by atoms with Crippen molar-refractivity contribution in [2.75, 3.05) is 0 Å². The Kier molecular flexibility index (Phi) is 2.94. The van der Waals surface area contributed by atoms with Crippen LogP contribution in [0, 0.1) is 6.92 Å². The fourth-order valence-corrected chi connectivity index (χ4v) is 2.81. The second kappa shape index (κ2) is 4.60. The highest BCUT2D eigenvalue weighted by molar-refractivity contribution is 5.25. The third-order valence-electron chi connectivity index (χ3n) is 3.98. The maximum atomic E-state index is 4.63. The molecule has 0 N–H and O–H groups in total. The molecular weight excluding hydrogens is 220 g/mol. The minimum absolute atomic E-state index is 0.665. The van der Waals surface area contributed by atoms with E-state index in [0.717, 1.165) is 13.0 Å². The predicted molar refractivity (Wildman–Crippen MR) is 73.9 cm³/mol. The zero-order valence-electron chi connectivity index (χ0n) is 11.2. The van der Waals surface area contributed by atoms with E-state index in [4.69, 9.17) is 0 Å². The summed E-state index contributed by atoms with van der Waals surface area (Å²) >= 11 is 0. The zero-order valence-corrected chi connectivity index (χ0v) is 11.2. The van der Waals surface area contributed by atoms with Crippen LogP contribution in [0.4, 0.5) is 0 Å². The van der Waals surface area contributed by atoms with Crippen molar-refractivity contribution in [1.82, 2.24) is 9.55 Å². The second-order valence-corrected chi connectivity index (χ2v) is 5.46. The molecule has 1 aromatic carbocycles. The van der Waals surface area contributed by atoms with Crippen LogP contribution in [0.3, 0.4) is 0 Å². The first-order valence-corrected chi connectivity index (χ1v) is 6.84. The molecule has 0 radical (unpaired) electrons. The molecule has 0 amide bonds. The molecule has 1 aliphatic rings. The molecule has 1 aromatic heterocycles. The van der Waals surface area contributed by atoms with E-state index in [1.165, 1.54) is 35.5 Å². The molecule has 18 heavy (non-hydrogen) atoms. The van der Waals surface area contributed by atoms with E-state index >= 15 is 0 Å². The number of imidazole rings is 1. The lowest BCUT2D eigenvalue weighted by Crippen LogP contribution is -2.15. The molecule has 2 nitrogen and oxygen atoms in total. The third-order valence-corrected chi connectivity index (χ3v) is 3.98. The molecule has 0 spiro atoms. The van der Waals surface area contributed by atoms with E-state index in [-0.39, 0.29) is 0 Å². The lowest BCUT2D eigenvalue weighted by molar-refractivity contribution is 0.465. The Bertz CT molecular complexity index is 537. The van der Waals surface area contributed by atoms with Gasteiger partial charge in [0, 0.05) is 24.9 Å². The molecule has 0 aliphatic carbocycles. The van der Waals surface area contributed by atoms with Gasteiger partial charge in [-0.15, -0.1) is 0 Å².